The minimum atomic E-state index is -0.823. The van der Waals surface area contributed by atoms with E-state index in [-0.39, 0.29) is 0 Å². The van der Waals surface area contributed by atoms with Crippen LogP contribution in [-0.2, 0) is 17.8 Å². The number of nitrogens with two attached hydrogens (primary N) is 1. The molecule has 0 amide bonds. The van der Waals surface area contributed by atoms with Crippen molar-refractivity contribution in [2.24, 2.45) is 11.7 Å². The molecule has 0 aliphatic carbocycles. The fourth-order valence-corrected chi connectivity index (χ4v) is 1.58. The third kappa shape index (κ3) is 3.30. The number of rotatable bonds is 7. The predicted molar refractivity (Wildman–Crippen MR) is 58.8 cm³/mol. The van der Waals surface area contributed by atoms with Gasteiger partial charge >= 0.3 is 5.97 Å². The van der Waals surface area contributed by atoms with Crippen molar-refractivity contribution in [3.8, 4) is 0 Å². The molecule has 6 heteroatoms. The first-order valence-electron chi connectivity index (χ1n) is 5.48. The van der Waals surface area contributed by atoms with Crippen LogP contribution in [0.1, 0.15) is 25.6 Å². The molecule has 0 saturated carbocycles. The number of carbonyl (C=O) groups is 1. The molecule has 0 spiro atoms. The largest absolute Gasteiger partial charge is 0.481 e. The smallest absolute Gasteiger partial charge is 0.306 e. The van der Waals surface area contributed by atoms with E-state index in [2.05, 4.69) is 10.1 Å². The van der Waals surface area contributed by atoms with Crippen LogP contribution in [0.5, 0.6) is 0 Å². The average molecular weight is 226 g/mol. The highest BCUT2D eigenvalue weighted by atomic mass is 16.4. The lowest BCUT2D eigenvalue weighted by molar-refractivity contribution is -0.141. The zero-order valence-corrected chi connectivity index (χ0v) is 9.46. The average Bonchev–Trinajstić information content (AvgIpc) is 2.65. The van der Waals surface area contributed by atoms with E-state index in [1.165, 1.54) is 6.33 Å². The number of aromatic nitrogens is 3. The number of hydrogen-bond acceptors (Lipinski definition) is 4. The second kappa shape index (κ2) is 6.22. The second-order valence-corrected chi connectivity index (χ2v) is 3.72. The molecule has 1 aromatic rings. The van der Waals surface area contributed by atoms with Gasteiger partial charge in [-0.2, -0.15) is 5.10 Å². The molecule has 0 aliphatic heterocycles. The minimum absolute atomic E-state index is 0.374. The number of carboxylic acids is 1. The van der Waals surface area contributed by atoms with Gasteiger partial charge in [-0.15, -0.1) is 0 Å². The molecule has 3 N–H and O–H groups in total. The van der Waals surface area contributed by atoms with Crippen LogP contribution in [0.15, 0.2) is 6.33 Å². The molecule has 1 unspecified atom stereocenters. The highest BCUT2D eigenvalue weighted by Gasteiger charge is 2.19. The van der Waals surface area contributed by atoms with Crippen LogP contribution in [0.25, 0.3) is 0 Å². The number of carboxylic acid groups (broad SMARTS) is 1. The molecule has 1 heterocycles. The Kier molecular flexibility index (Phi) is 4.91. The maximum Gasteiger partial charge on any atom is 0.306 e. The highest BCUT2D eigenvalue weighted by molar-refractivity contribution is 5.70. The Balaban J connectivity index is 2.68. The van der Waals surface area contributed by atoms with Crippen molar-refractivity contribution >= 4 is 5.97 Å². The molecular formula is C10H18N4O2. The fourth-order valence-electron chi connectivity index (χ4n) is 1.58. The van der Waals surface area contributed by atoms with E-state index in [0.717, 1.165) is 18.8 Å². The molecule has 1 atom stereocenters. The molecule has 1 aromatic heterocycles. The summed E-state index contributed by atoms with van der Waals surface area (Å²) in [6.07, 6.45) is 3.28. The van der Waals surface area contributed by atoms with Gasteiger partial charge in [0.25, 0.3) is 0 Å². The minimum Gasteiger partial charge on any atom is -0.481 e. The van der Waals surface area contributed by atoms with E-state index in [4.69, 9.17) is 10.8 Å². The van der Waals surface area contributed by atoms with Crippen molar-refractivity contribution in [3.05, 3.63) is 12.2 Å². The summed E-state index contributed by atoms with van der Waals surface area (Å²) in [4.78, 5) is 15.1. The first-order chi connectivity index (χ1) is 7.69. The molecule has 0 saturated heterocycles. The van der Waals surface area contributed by atoms with E-state index < -0.39 is 11.9 Å². The van der Waals surface area contributed by atoms with Gasteiger partial charge in [-0.05, 0) is 19.4 Å². The Labute approximate surface area is 94.5 Å². The zero-order chi connectivity index (χ0) is 12.0. The molecule has 0 aromatic carbocycles. The molecule has 90 valence electrons. The summed E-state index contributed by atoms with van der Waals surface area (Å²) in [5, 5.41) is 13.1. The van der Waals surface area contributed by atoms with Gasteiger partial charge in [-0.3, -0.25) is 9.48 Å². The topological polar surface area (TPSA) is 94.0 Å². The summed E-state index contributed by atoms with van der Waals surface area (Å²) in [5.41, 5.74) is 5.39. The molecular weight excluding hydrogens is 208 g/mol. The lowest BCUT2D eigenvalue weighted by atomic mass is 10.0. The third-order valence-corrected chi connectivity index (χ3v) is 2.42. The lowest BCUT2D eigenvalue weighted by Crippen LogP contribution is -2.22. The summed E-state index contributed by atoms with van der Waals surface area (Å²) < 4.78 is 1.76. The third-order valence-electron chi connectivity index (χ3n) is 2.42. The molecule has 0 bridgehead atoms. The molecule has 1 rings (SSSR count). The summed E-state index contributed by atoms with van der Waals surface area (Å²) >= 11 is 0. The van der Waals surface area contributed by atoms with Gasteiger partial charge in [0.15, 0.2) is 0 Å². The number of aryl methyl sites for hydroxylation is 1. The van der Waals surface area contributed by atoms with Crippen LogP contribution in [0.2, 0.25) is 0 Å². The van der Waals surface area contributed by atoms with Crippen LogP contribution < -0.4 is 5.73 Å². The number of nitrogens with zero attached hydrogens (tertiary/aromatic N) is 3. The van der Waals surface area contributed by atoms with Crippen LogP contribution >= 0.6 is 0 Å². The maximum atomic E-state index is 11.0. The van der Waals surface area contributed by atoms with Crippen molar-refractivity contribution in [2.75, 3.05) is 6.54 Å². The quantitative estimate of drug-likeness (QED) is 0.696. The van der Waals surface area contributed by atoms with E-state index in [1.54, 1.807) is 4.68 Å². The summed E-state index contributed by atoms with van der Waals surface area (Å²) in [6.45, 7) is 3.18. The standard InChI is InChI=1S/C10H18N4O2/c1-2-5-14-9(12-7-13-14)6-8(3-4-11)10(15)16/h7-8H,2-6,11H2,1H3,(H,15,16). The van der Waals surface area contributed by atoms with Gasteiger partial charge in [-0.1, -0.05) is 6.92 Å². The van der Waals surface area contributed by atoms with Crippen molar-refractivity contribution in [3.63, 3.8) is 0 Å². The van der Waals surface area contributed by atoms with Gasteiger partial charge in [0, 0.05) is 13.0 Å². The Morgan fingerprint density at radius 2 is 2.44 bits per heavy atom. The van der Waals surface area contributed by atoms with Gasteiger partial charge in [0.05, 0.1) is 5.92 Å². The maximum absolute atomic E-state index is 11.0. The Hall–Kier alpha value is -1.43. The normalized spacial score (nSPS) is 12.6. The molecule has 0 fully saturated rings. The van der Waals surface area contributed by atoms with E-state index in [0.29, 0.717) is 19.4 Å². The molecule has 16 heavy (non-hydrogen) atoms. The summed E-state index contributed by atoms with van der Waals surface area (Å²) in [7, 11) is 0. The molecule has 0 radical (unpaired) electrons. The van der Waals surface area contributed by atoms with E-state index in [1.807, 2.05) is 6.92 Å². The van der Waals surface area contributed by atoms with Crippen LogP contribution in [0.4, 0.5) is 0 Å². The first kappa shape index (κ1) is 12.6. The van der Waals surface area contributed by atoms with Crippen molar-refractivity contribution in [1.82, 2.24) is 14.8 Å². The number of aliphatic carboxylic acids is 1. The van der Waals surface area contributed by atoms with Crippen molar-refractivity contribution in [1.29, 1.82) is 0 Å². The van der Waals surface area contributed by atoms with Crippen LogP contribution in [-0.4, -0.2) is 32.4 Å². The second-order valence-electron chi connectivity index (χ2n) is 3.72. The zero-order valence-electron chi connectivity index (χ0n) is 9.46. The van der Waals surface area contributed by atoms with Gasteiger partial charge in [-0.25, -0.2) is 4.98 Å². The van der Waals surface area contributed by atoms with Gasteiger partial charge in [0.2, 0.25) is 0 Å². The first-order valence-corrected chi connectivity index (χ1v) is 5.48. The highest BCUT2D eigenvalue weighted by Crippen LogP contribution is 2.10. The van der Waals surface area contributed by atoms with Crippen molar-refractivity contribution < 1.29 is 9.90 Å². The Morgan fingerprint density at radius 3 is 3.00 bits per heavy atom. The molecule has 0 aliphatic rings. The summed E-state index contributed by atoms with van der Waals surface area (Å²) in [6, 6.07) is 0. The van der Waals surface area contributed by atoms with Crippen LogP contribution in [0, 0.1) is 5.92 Å². The number of hydrogen-bond donors (Lipinski definition) is 2. The van der Waals surface area contributed by atoms with E-state index >= 15 is 0 Å². The Bertz CT molecular complexity index is 337. The fraction of sp³-hybridized carbons (Fsp3) is 0.700. The van der Waals surface area contributed by atoms with E-state index in [9.17, 15) is 4.79 Å². The van der Waals surface area contributed by atoms with Crippen molar-refractivity contribution in [2.45, 2.75) is 32.7 Å². The van der Waals surface area contributed by atoms with Gasteiger partial charge in [0.1, 0.15) is 12.2 Å². The predicted octanol–water partition coefficient (Wildman–Crippen LogP) is 0.280. The summed E-state index contributed by atoms with van der Waals surface area (Å²) in [5.74, 6) is -0.566. The van der Waals surface area contributed by atoms with Gasteiger partial charge < -0.3 is 10.8 Å². The Morgan fingerprint density at radius 1 is 1.69 bits per heavy atom. The SMILES string of the molecule is CCCn1ncnc1CC(CCN)C(=O)O. The van der Waals surface area contributed by atoms with Crippen LogP contribution in [0.3, 0.4) is 0 Å². The monoisotopic (exact) mass is 226 g/mol. The molecule has 6 nitrogen and oxygen atoms in total. The lowest BCUT2D eigenvalue weighted by Gasteiger charge is -2.11.